The molecule has 1 unspecified atom stereocenters. The van der Waals surface area contributed by atoms with Gasteiger partial charge in [-0.2, -0.15) is 0 Å². The molecule has 0 radical (unpaired) electrons. The predicted molar refractivity (Wildman–Crippen MR) is 77.0 cm³/mol. The summed E-state index contributed by atoms with van der Waals surface area (Å²) in [5, 5.41) is 3.29. The predicted octanol–water partition coefficient (Wildman–Crippen LogP) is 0.0461. The topological polar surface area (TPSA) is 65.3 Å². The van der Waals surface area contributed by atoms with Gasteiger partial charge in [-0.3, -0.25) is 9.36 Å². The van der Waals surface area contributed by atoms with Gasteiger partial charge in [0.05, 0.1) is 6.61 Å². The fourth-order valence-corrected chi connectivity index (χ4v) is 2.42. The summed E-state index contributed by atoms with van der Waals surface area (Å²) in [7, 11) is 0. The maximum absolute atomic E-state index is 12.1. The van der Waals surface area contributed by atoms with E-state index in [1.807, 2.05) is 6.92 Å². The zero-order chi connectivity index (χ0) is 14.4. The Morgan fingerprint density at radius 1 is 1.40 bits per heavy atom. The standard InChI is InChI=1S/C14H23N3O3/c1-2-6-16-7-3-13(18)17(14(16)19)8-5-15-10-12-4-9-20-11-12/h3,7,12,15H,2,4-6,8-11H2,1H3. The van der Waals surface area contributed by atoms with E-state index in [1.54, 1.807) is 10.8 Å². The summed E-state index contributed by atoms with van der Waals surface area (Å²) in [5.41, 5.74) is -0.446. The lowest BCUT2D eigenvalue weighted by Crippen LogP contribution is -2.41. The van der Waals surface area contributed by atoms with Gasteiger partial charge in [0.2, 0.25) is 0 Å². The molecule has 1 N–H and O–H groups in total. The van der Waals surface area contributed by atoms with Gasteiger partial charge in [0.1, 0.15) is 0 Å². The van der Waals surface area contributed by atoms with Crippen molar-refractivity contribution in [2.24, 2.45) is 5.92 Å². The summed E-state index contributed by atoms with van der Waals surface area (Å²) in [4.78, 5) is 23.9. The van der Waals surface area contributed by atoms with E-state index >= 15 is 0 Å². The average molecular weight is 281 g/mol. The number of rotatable bonds is 7. The molecule has 0 spiro atoms. The Balaban J connectivity index is 1.89. The molecule has 0 amide bonds. The largest absolute Gasteiger partial charge is 0.381 e. The molecule has 6 nitrogen and oxygen atoms in total. The molecule has 0 aromatic carbocycles. The smallest absolute Gasteiger partial charge is 0.331 e. The molecule has 1 atom stereocenters. The number of aromatic nitrogens is 2. The molecule has 2 heterocycles. The first-order valence-corrected chi connectivity index (χ1v) is 7.31. The van der Waals surface area contributed by atoms with Crippen LogP contribution >= 0.6 is 0 Å². The van der Waals surface area contributed by atoms with E-state index < -0.39 is 0 Å². The van der Waals surface area contributed by atoms with Gasteiger partial charge in [-0.1, -0.05) is 6.92 Å². The van der Waals surface area contributed by atoms with E-state index in [1.165, 1.54) is 10.6 Å². The van der Waals surface area contributed by atoms with Crippen molar-refractivity contribution in [3.63, 3.8) is 0 Å². The van der Waals surface area contributed by atoms with Crippen molar-refractivity contribution in [3.05, 3.63) is 33.1 Å². The van der Waals surface area contributed by atoms with Crippen LogP contribution in [0.2, 0.25) is 0 Å². The van der Waals surface area contributed by atoms with Gasteiger partial charge in [0, 0.05) is 45.0 Å². The Morgan fingerprint density at radius 2 is 2.25 bits per heavy atom. The van der Waals surface area contributed by atoms with Crippen LogP contribution in [0, 0.1) is 5.92 Å². The first-order chi connectivity index (χ1) is 9.72. The van der Waals surface area contributed by atoms with Gasteiger partial charge in [-0.05, 0) is 18.8 Å². The summed E-state index contributed by atoms with van der Waals surface area (Å²) in [6.07, 6.45) is 3.54. The molecule has 1 aliphatic heterocycles. The molecule has 112 valence electrons. The van der Waals surface area contributed by atoms with Gasteiger partial charge in [-0.25, -0.2) is 4.79 Å². The van der Waals surface area contributed by atoms with Crippen molar-refractivity contribution in [1.29, 1.82) is 0 Å². The number of aryl methyl sites for hydroxylation is 1. The monoisotopic (exact) mass is 281 g/mol. The van der Waals surface area contributed by atoms with E-state index in [0.29, 0.717) is 25.6 Å². The van der Waals surface area contributed by atoms with Crippen molar-refractivity contribution in [2.75, 3.05) is 26.3 Å². The van der Waals surface area contributed by atoms with E-state index in [2.05, 4.69) is 5.32 Å². The number of hydrogen-bond donors (Lipinski definition) is 1. The van der Waals surface area contributed by atoms with Gasteiger partial charge >= 0.3 is 5.69 Å². The zero-order valence-electron chi connectivity index (χ0n) is 12.0. The highest BCUT2D eigenvalue weighted by molar-refractivity contribution is 4.86. The lowest BCUT2D eigenvalue weighted by Gasteiger charge is -2.11. The third-order valence-electron chi connectivity index (χ3n) is 3.57. The third-order valence-corrected chi connectivity index (χ3v) is 3.57. The molecule has 0 saturated carbocycles. The minimum absolute atomic E-state index is 0.217. The minimum atomic E-state index is -0.228. The molecule has 0 aliphatic carbocycles. The molecule has 1 fully saturated rings. The van der Waals surface area contributed by atoms with Crippen molar-refractivity contribution in [3.8, 4) is 0 Å². The molecular formula is C14H23N3O3. The maximum Gasteiger partial charge on any atom is 0.331 e. The van der Waals surface area contributed by atoms with Gasteiger partial charge in [-0.15, -0.1) is 0 Å². The van der Waals surface area contributed by atoms with E-state index in [9.17, 15) is 9.59 Å². The van der Waals surface area contributed by atoms with E-state index in [-0.39, 0.29) is 11.2 Å². The summed E-state index contributed by atoms with van der Waals surface area (Å²) in [6, 6.07) is 1.46. The number of nitrogens with zero attached hydrogens (tertiary/aromatic N) is 2. The van der Waals surface area contributed by atoms with Gasteiger partial charge in [0.15, 0.2) is 0 Å². The SMILES string of the molecule is CCCn1ccc(=O)n(CCNCC2CCOC2)c1=O. The molecular weight excluding hydrogens is 258 g/mol. The van der Waals surface area contributed by atoms with Crippen LogP contribution in [0.1, 0.15) is 19.8 Å². The third kappa shape index (κ3) is 3.80. The Labute approximate surface area is 118 Å². The lowest BCUT2D eigenvalue weighted by molar-refractivity contribution is 0.185. The molecule has 6 heteroatoms. The van der Waals surface area contributed by atoms with E-state index in [0.717, 1.165) is 32.6 Å². The van der Waals surface area contributed by atoms with Crippen LogP contribution in [0.25, 0.3) is 0 Å². The van der Waals surface area contributed by atoms with Crippen molar-refractivity contribution < 1.29 is 4.74 Å². The number of hydrogen-bond acceptors (Lipinski definition) is 4. The molecule has 2 rings (SSSR count). The molecule has 1 aromatic heterocycles. The quantitative estimate of drug-likeness (QED) is 0.717. The maximum atomic E-state index is 12.1. The highest BCUT2D eigenvalue weighted by Crippen LogP contribution is 2.10. The van der Waals surface area contributed by atoms with Gasteiger partial charge < -0.3 is 14.6 Å². The Kier molecular flexibility index (Phi) is 5.55. The zero-order valence-corrected chi connectivity index (χ0v) is 12.0. The number of ether oxygens (including phenoxy) is 1. The first-order valence-electron chi connectivity index (χ1n) is 7.31. The van der Waals surface area contributed by atoms with Crippen LogP contribution in [0.3, 0.4) is 0 Å². The Bertz CT molecular complexity index is 529. The summed E-state index contributed by atoms with van der Waals surface area (Å²) >= 11 is 0. The van der Waals surface area contributed by atoms with E-state index in [4.69, 9.17) is 4.74 Å². The van der Waals surface area contributed by atoms with Crippen LogP contribution in [-0.4, -0.2) is 35.4 Å². The number of nitrogens with one attached hydrogen (secondary N) is 1. The molecule has 1 saturated heterocycles. The fraction of sp³-hybridized carbons (Fsp3) is 0.714. The second kappa shape index (κ2) is 7.40. The second-order valence-electron chi connectivity index (χ2n) is 5.22. The van der Waals surface area contributed by atoms with Crippen molar-refractivity contribution in [1.82, 2.24) is 14.5 Å². The van der Waals surface area contributed by atoms with Gasteiger partial charge in [0.25, 0.3) is 5.56 Å². The van der Waals surface area contributed by atoms with Crippen LogP contribution in [0.4, 0.5) is 0 Å². The highest BCUT2D eigenvalue weighted by atomic mass is 16.5. The molecule has 0 bridgehead atoms. The van der Waals surface area contributed by atoms with Crippen LogP contribution < -0.4 is 16.6 Å². The molecule has 1 aromatic rings. The summed E-state index contributed by atoms with van der Waals surface area (Å²) in [6.45, 7) is 6.22. The highest BCUT2D eigenvalue weighted by Gasteiger charge is 2.14. The summed E-state index contributed by atoms with van der Waals surface area (Å²) < 4.78 is 8.19. The second-order valence-corrected chi connectivity index (χ2v) is 5.22. The van der Waals surface area contributed by atoms with Crippen LogP contribution in [0.5, 0.6) is 0 Å². The normalized spacial score (nSPS) is 18.6. The van der Waals surface area contributed by atoms with Crippen molar-refractivity contribution >= 4 is 0 Å². The van der Waals surface area contributed by atoms with Crippen LogP contribution in [0.15, 0.2) is 21.9 Å². The fourth-order valence-electron chi connectivity index (χ4n) is 2.42. The molecule has 20 heavy (non-hydrogen) atoms. The molecule has 1 aliphatic rings. The first kappa shape index (κ1) is 15.0. The summed E-state index contributed by atoms with van der Waals surface area (Å²) in [5.74, 6) is 0.555. The van der Waals surface area contributed by atoms with Crippen LogP contribution in [-0.2, 0) is 17.8 Å². The lowest BCUT2D eigenvalue weighted by atomic mass is 10.1. The average Bonchev–Trinajstić information content (AvgIpc) is 2.94. The Hall–Kier alpha value is -1.40. The van der Waals surface area contributed by atoms with Crippen molar-refractivity contribution in [2.45, 2.75) is 32.9 Å². The minimum Gasteiger partial charge on any atom is -0.381 e. The Morgan fingerprint density at radius 3 is 2.95 bits per heavy atom.